The number of carboxylic acid groups (broad SMARTS) is 1. The summed E-state index contributed by atoms with van der Waals surface area (Å²) in [4.78, 5) is 11.3. The van der Waals surface area contributed by atoms with Crippen LogP contribution in [-0.4, -0.2) is 11.1 Å². The van der Waals surface area contributed by atoms with Gasteiger partial charge in [-0.25, -0.2) is 4.79 Å². The minimum absolute atomic E-state index is 0.0696. The summed E-state index contributed by atoms with van der Waals surface area (Å²) in [7, 11) is 0. The highest BCUT2D eigenvalue weighted by atomic mass is 35.5. The molecule has 1 aliphatic carbocycles. The van der Waals surface area contributed by atoms with Crippen molar-refractivity contribution in [3.63, 3.8) is 0 Å². The smallest absolute Gasteiger partial charge is 0.339 e. The van der Waals surface area contributed by atoms with Gasteiger partial charge in [-0.05, 0) is 67.1 Å². The molecule has 21 heavy (non-hydrogen) atoms. The molecule has 0 saturated heterocycles. The lowest BCUT2D eigenvalue weighted by molar-refractivity contribution is 0.0694. The van der Waals surface area contributed by atoms with Crippen LogP contribution in [-0.2, 0) is 12.8 Å². The molecule has 108 valence electrons. The second kappa shape index (κ2) is 5.78. The van der Waals surface area contributed by atoms with Gasteiger partial charge in [0.25, 0.3) is 0 Å². The topological polar surface area (TPSA) is 46.5 Å². The van der Waals surface area contributed by atoms with Crippen LogP contribution in [0.2, 0.25) is 5.02 Å². The van der Waals surface area contributed by atoms with Crippen molar-refractivity contribution < 1.29 is 14.6 Å². The molecule has 2 aromatic carbocycles. The fraction of sp³-hybridized carbons (Fsp3) is 0.235. The van der Waals surface area contributed by atoms with E-state index in [-0.39, 0.29) is 5.56 Å². The molecular weight excluding hydrogens is 288 g/mol. The zero-order valence-electron chi connectivity index (χ0n) is 11.4. The molecule has 1 N–H and O–H groups in total. The first-order valence-corrected chi connectivity index (χ1v) is 7.34. The van der Waals surface area contributed by atoms with E-state index in [1.165, 1.54) is 30.0 Å². The van der Waals surface area contributed by atoms with Crippen molar-refractivity contribution in [3.8, 4) is 11.5 Å². The van der Waals surface area contributed by atoms with Crippen molar-refractivity contribution in [2.24, 2.45) is 0 Å². The standard InChI is InChI=1S/C17H15ClO3/c18-13-6-8-16(15(10-13)17(19)20)21-14-7-5-11-3-1-2-4-12(11)9-14/h5-10H,1-4H2,(H,19,20). The third-order valence-corrected chi connectivity index (χ3v) is 3.95. The maximum atomic E-state index is 11.3. The number of carbonyl (C=O) groups is 1. The predicted octanol–water partition coefficient (Wildman–Crippen LogP) is 4.71. The van der Waals surface area contributed by atoms with E-state index in [4.69, 9.17) is 16.3 Å². The molecule has 2 aromatic rings. The molecule has 0 bridgehead atoms. The average molecular weight is 303 g/mol. The zero-order chi connectivity index (χ0) is 14.8. The van der Waals surface area contributed by atoms with Crippen molar-refractivity contribution in [1.82, 2.24) is 0 Å². The molecule has 0 amide bonds. The Balaban J connectivity index is 1.92. The van der Waals surface area contributed by atoms with Gasteiger partial charge in [0.1, 0.15) is 17.1 Å². The van der Waals surface area contributed by atoms with Crippen LogP contribution in [0.15, 0.2) is 36.4 Å². The molecule has 4 heteroatoms. The molecule has 0 spiro atoms. The van der Waals surface area contributed by atoms with Gasteiger partial charge >= 0.3 is 5.97 Å². The van der Waals surface area contributed by atoms with Crippen LogP contribution in [0.4, 0.5) is 0 Å². The van der Waals surface area contributed by atoms with Gasteiger partial charge in [-0.3, -0.25) is 0 Å². The summed E-state index contributed by atoms with van der Waals surface area (Å²) in [5.74, 6) is -0.0754. The molecule has 0 atom stereocenters. The Morgan fingerprint density at radius 3 is 2.57 bits per heavy atom. The molecule has 0 saturated carbocycles. The summed E-state index contributed by atoms with van der Waals surface area (Å²) in [5, 5.41) is 9.60. The number of ether oxygens (including phenoxy) is 1. The number of benzene rings is 2. The van der Waals surface area contributed by atoms with E-state index in [2.05, 4.69) is 6.07 Å². The van der Waals surface area contributed by atoms with Crippen molar-refractivity contribution in [2.45, 2.75) is 25.7 Å². The number of hydrogen-bond acceptors (Lipinski definition) is 2. The number of carboxylic acids is 1. The van der Waals surface area contributed by atoms with E-state index in [1.54, 1.807) is 12.1 Å². The van der Waals surface area contributed by atoms with Gasteiger partial charge in [0.2, 0.25) is 0 Å². The van der Waals surface area contributed by atoms with Gasteiger partial charge < -0.3 is 9.84 Å². The van der Waals surface area contributed by atoms with Crippen LogP contribution in [0, 0.1) is 0 Å². The minimum Gasteiger partial charge on any atom is -0.478 e. The zero-order valence-corrected chi connectivity index (χ0v) is 12.2. The highest BCUT2D eigenvalue weighted by Crippen LogP contribution is 2.31. The Kier molecular flexibility index (Phi) is 3.84. The Hall–Kier alpha value is -2.00. The fourth-order valence-corrected chi connectivity index (χ4v) is 2.83. The molecule has 0 unspecified atom stereocenters. The molecule has 3 rings (SSSR count). The first-order chi connectivity index (χ1) is 10.1. The van der Waals surface area contributed by atoms with Crippen molar-refractivity contribution in [2.75, 3.05) is 0 Å². The predicted molar refractivity (Wildman–Crippen MR) is 81.6 cm³/mol. The Morgan fingerprint density at radius 2 is 1.81 bits per heavy atom. The van der Waals surface area contributed by atoms with Gasteiger partial charge in [0.15, 0.2) is 0 Å². The quantitative estimate of drug-likeness (QED) is 0.893. The van der Waals surface area contributed by atoms with E-state index in [9.17, 15) is 9.90 Å². The second-order valence-corrected chi connectivity index (χ2v) is 5.62. The largest absolute Gasteiger partial charge is 0.478 e. The highest BCUT2D eigenvalue weighted by Gasteiger charge is 2.14. The number of rotatable bonds is 3. The summed E-state index contributed by atoms with van der Waals surface area (Å²) in [6, 6.07) is 10.6. The van der Waals surface area contributed by atoms with Crippen LogP contribution < -0.4 is 4.74 Å². The van der Waals surface area contributed by atoms with Gasteiger partial charge in [0, 0.05) is 5.02 Å². The minimum atomic E-state index is -1.05. The van der Waals surface area contributed by atoms with Crippen molar-refractivity contribution in [3.05, 3.63) is 58.1 Å². The van der Waals surface area contributed by atoms with Gasteiger partial charge in [-0.1, -0.05) is 17.7 Å². The average Bonchev–Trinajstić information content (AvgIpc) is 2.49. The highest BCUT2D eigenvalue weighted by molar-refractivity contribution is 6.31. The number of fused-ring (bicyclic) bond motifs is 1. The first-order valence-electron chi connectivity index (χ1n) is 6.96. The maximum Gasteiger partial charge on any atom is 0.339 e. The van der Waals surface area contributed by atoms with Gasteiger partial charge in [0.05, 0.1) is 0 Å². The molecule has 3 nitrogen and oxygen atoms in total. The maximum absolute atomic E-state index is 11.3. The molecule has 0 aromatic heterocycles. The Labute approximate surface area is 128 Å². The molecule has 0 heterocycles. The van der Waals surface area contributed by atoms with E-state index in [0.29, 0.717) is 16.5 Å². The van der Waals surface area contributed by atoms with E-state index < -0.39 is 5.97 Å². The second-order valence-electron chi connectivity index (χ2n) is 5.19. The molecule has 0 aliphatic heterocycles. The summed E-state index contributed by atoms with van der Waals surface area (Å²) in [6.07, 6.45) is 4.58. The van der Waals surface area contributed by atoms with Crippen molar-refractivity contribution >= 4 is 17.6 Å². The number of hydrogen-bond donors (Lipinski definition) is 1. The third-order valence-electron chi connectivity index (χ3n) is 3.72. The summed E-state index contributed by atoms with van der Waals surface area (Å²) in [5.41, 5.74) is 2.73. The fourth-order valence-electron chi connectivity index (χ4n) is 2.66. The number of aryl methyl sites for hydroxylation is 2. The van der Waals surface area contributed by atoms with Crippen LogP contribution >= 0.6 is 11.6 Å². The first kappa shape index (κ1) is 14.0. The lowest BCUT2D eigenvalue weighted by atomic mass is 9.92. The third kappa shape index (κ3) is 3.03. The lowest BCUT2D eigenvalue weighted by Crippen LogP contribution is -2.03. The summed E-state index contributed by atoms with van der Waals surface area (Å²) >= 11 is 5.84. The lowest BCUT2D eigenvalue weighted by Gasteiger charge is -2.17. The Morgan fingerprint density at radius 1 is 1.05 bits per heavy atom. The van der Waals surface area contributed by atoms with Gasteiger partial charge in [-0.2, -0.15) is 0 Å². The molecule has 0 radical (unpaired) electrons. The number of aromatic carboxylic acids is 1. The van der Waals surface area contributed by atoms with Crippen LogP contribution in [0.5, 0.6) is 11.5 Å². The van der Waals surface area contributed by atoms with Crippen molar-refractivity contribution in [1.29, 1.82) is 0 Å². The van der Waals surface area contributed by atoms with Crippen LogP contribution in [0.25, 0.3) is 0 Å². The normalized spacial score (nSPS) is 13.6. The SMILES string of the molecule is O=C(O)c1cc(Cl)ccc1Oc1ccc2c(c1)CCCC2. The Bertz CT molecular complexity index is 694. The van der Waals surface area contributed by atoms with E-state index in [0.717, 1.165) is 12.8 Å². The van der Waals surface area contributed by atoms with Gasteiger partial charge in [-0.15, -0.1) is 0 Å². The van der Waals surface area contributed by atoms with Crippen LogP contribution in [0.1, 0.15) is 34.3 Å². The monoisotopic (exact) mass is 302 g/mol. The summed E-state index contributed by atoms with van der Waals surface area (Å²) < 4.78 is 5.75. The number of halogens is 1. The molecular formula is C17H15ClO3. The van der Waals surface area contributed by atoms with E-state index in [1.807, 2.05) is 12.1 Å². The van der Waals surface area contributed by atoms with E-state index >= 15 is 0 Å². The molecule has 0 fully saturated rings. The van der Waals surface area contributed by atoms with Crippen LogP contribution in [0.3, 0.4) is 0 Å². The molecule has 1 aliphatic rings. The summed E-state index contributed by atoms with van der Waals surface area (Å²) in [6.45, 7) is 0.